The number of ketones is 1. The van der Waals surface area contributed by atoms with Crippen LogP contribution in [0.15, 0.2) is 18.2 Å². The summed E-state index contributed by atoms with van der Waals surface area (Å²) in [6, 6.07) is 5.71. The van der Waals surface area contributed by atoms with Crippen LogP contribution < -0.4 is 10.1 Å². The standard InChI is InChI=1S/C23H31NO3.ClH/c25-18(13-24-23-10-15-7-16(11-23)9-17(8-15)12-23)14-27-22-6-2-3-19-20(22)4-1-5-21(19)26;/h2-3,6,15-18,24-25H,1,4-5,7-14H2;1H. The van der Waals surface area contributed by atoms with Crippen LogP contribution in [0.4, 0.5) is 0 Å². The van der Waals surface area contributed by atoms with E-state index in [1.54, 1.807) is 0 Å². The number of hydrogen-bond acceptors (Lipinski definition) is 4. The Morgan fingerprint density at radius 2 is 1.79 bits per heavy atom. The molecule has 5 aliphatic carbocycles. The molecule has 2 N–H and O–H groups in total. The van der Waals surface area contributed by atoms with Gasteiger partial charge >= 0.3 is 0 Å². The highest BCUT2D eigenvalue weighted by Gasteiger charge is 2.50. The summed E-state index contributed by atoms with van der Waals surface area (Å²) in [5.74, 6) is 3.71. The number of aliphatic hydroxyl groups is 1. The fraction of sp³-hybridized carbons (Fsp3) is 0.696. The molecular weight excluding hydrogens is 374 g/mol. The number of benzene rings is 1. The number of fused-ring (bicyclic) bond motifs is 1. The SMILES string of the molecule is Cl.O=C1CCCc2c(OCC(O)CNC34CC5CC(CC(C5)C3)C4)cccc21. The summed E-state index contributed by atoms with van der Waals surface area (Å²) in [7, 11) is 0. The van der Waals surface area contributed by atoms with Crippen LogP contribution in [0, 0.1) is 17.8 Å². The second kappa shape index (κ2) is 7.97. The summed E-state index contributed by atoms with van der Waals surface area (Å²) in [5.41, 5.74) is 2.10. The lowest BCUT2D eigenvalue weighted by atomic mass is 9.53. The lowest BCUT2D eigenvalue weighted by Crippen LogP contribution is -2.59. The average molecular weight is 406 g/mol. The molecule has 0 aliphatic heterocycles. The van der Waals surface area contributed by atoms with E-state index in [2.05, 4.69) is 5.32 Å². The number of halogens is 1. The highest BCUT2D eigenvalue weighted by Crippen LogP contribution is 2.55. The molecule has 4 saturated carbocycles. The van der Waals surface area contributed by atoms with Gasteiger partial charge < -0.3 is 15.2 Å². The molecule has 4 bridgehead atoms. The molecule has 1 unspecified atom stereocenters. The maximum Gasteiger partial charge on any atom is 0.163 e. The van der Waals surface area contributed by atoms with Crippen LogP contribution in [0.5, 0.6) is 5.75 Å². The minimum atomic E-state index is -0.520. The van der Waals surface area contributed by atoms with Crippen molar-refractivity contribution in [1.82, 2.24) is 5.32 Å². The van der Waals surface area contributed by atoms with E-state index in [1.807, 2.05) is 18.2 Å². The first kappa shape index (κ1) is 20.2. The predicted octanol–water partition coefficient (Wildman–Crippen LogP) is 3.93. The second-order valence-electron chi connectivity index (χ2n) is 9.60. The van der Waals surface area contributed by atoms with Crippen molar-refractivity contribution in [3.63, 3.8) is 0 Å². The number of β-amino-alcohol motifs (C(OH)–C–C–N with tert-alkyl or cyclic N) is 1. The maximum atomic E-state index is 12.1. The molecule has 1 atom stereocenters. The van der Waals surface area contributed by atoms with E-state index in [0.29, 0.717) is 13.0 Å². The molecule has 4 nitrogen and oxygen atoms in total. The zero-order valence-corrected chi connectivity index (χ0v) is 17.3. The predicted molar refractivity (Wildman–Crippen MR) is 111 cm³/mol. The van der Waals surface area contributed by atoms with E-state index in [-0.39, 0.29) is 30.3 Å². The van der Waals surface area contributed by atoms with E-state index < -0.39 is 6.10 Å². The van der Waals surface area contributed by atoms with Gasteiger partial charge in [-0.1, -0.05) is 12.1 Å². The average Bonchev–Trinajstić information content (AvgIpc) is 2.64. The van der Waals surface area contributed by atoms with Gasteiger partial charge in [0.1, 0.15) is 18.5 Å². The molecule has 0 spiro atoms. The van der Waals surface area contributed by atoms with E-state index in [1.165, 1.54) is 38.5 Å². The molecule has 6 rings (SSSR count). The smallest absolute Gasteiger partial charge is 0.163 e. The number of Topliss-reactive ketones (excluding diaryl/α,β-unsaturated/α-hetero) is 1. The summed E-state index contributed by atoms with van der Waals surface area (Å²) in [6.07, 6.45) is 10.1. The molecule has 5 heteroatoms. The Labute approximate surface area is 173 Å². The summed E-state index contributed by atoms with van der Waals surface area (Å²) in [5, 5.41) is 14.3. The van der Waals surface area contributed by atoms with Crippen LogP contribution >= 0.6 is 12.4 Å². The van der Waals surface area contributed by atoms with Crippen molar-refractivity contribution in [2.75, 3.05) is 13.2 Å². The minimum Gasteiger partial charge on any atom is -0.491 e. The molecule has 5 aliphatic rings. The molecule has 0 radical (unpaired) electrons. The van der Waals surface area contributed by atoms with Crippen molar-refractivity contribution < 1.29 is 14.6 Å². The van der Waals surface area contributed by atoms with Crippen LogP contribution in [0.25, 0.3) is 0 Å². The fourth-order valence-corrected chi connectivity index (χ4v) is 6.69. The van der Waals surface area contributed by atoms with Crippen molar-refractivity contribution >= 4 is 18.2 Å². The number of carbonyl (C=O) groups is 1. The summed E-state index contributed by atoms with van der Waals surface area (Å²) in [4.78, 5) is 12.1. The molecular formula is C23H32ClNO3. The number of hydrogen-bond donors (Lipinski definition) is 2. The molecule has 1 aromatic rings. The van der Waals surface area contributed by atoms with Gasteiger partial charge in [-0.15, -0.1) is 12.4 Å². The van der Waals surface area contributed by atoms with Gasteiger partial charge in [0.25, 0.3) is 0 Å². The van der Waals surface area contributed by atoms with Gasteiger partial charge in [0.15, 0.2) is 5.78 Å². The van der Waals surface area contributed by atoms with Gasteiger partial charge in [-0.25, -0.2) is 0 Å². The molecule has 0 aromatic heterocycles. The molecule has 0 saturated heterocycles. The van der Waals surface area contributed by atoms with Crippen molar-refractivity contribution in [3.05, 3.63) is 29.3 Å². The Hall–Kier alpha value is -1.10. The lowest BCUT2D eigenvalue weighted by molar-refractivity contribution is -0.0267. The molecule has 1 aromatic carbocycles. The van der Waals surface area contributed by atoms with Crippen molar-refractivity contribution in [2.45, 2.75) is 69.4 Å². The highest BCUT2D eigenvalue weighted by molar-refractivity contribution is 5.99. The summed E-state index contributed by atoms with van der Waals surface area (Å²) < 4.78 is 5.94. The first-order valence-electron chi connectivity index (χ1n) is 10.8. The normalized spacial score (nSPS) is 33.9. The van der Waals surface area contributed by atoms with E-state index in [9.17, 15) is 9.90 Å². The van der Waals surface area contributed by atoms with Gasteiger partial charge in [0, 0.05) is 29.6 Å². The van der Waals surface area contributed by atoms with E-state index in [0.717, 1.165) is 47.5 Å². The molecule has 0 heterocycles. The molecule has 154 valence electrons. The van der Waals surface area contributed by atoms with Crippen LogP contribution in [0.2, 0.25) is 0 Å². The third kappa shape index (κ3) is 3.83. The highest BCUT2D eigenvalue weighted by atomic mass is 35.5. The zero-order chi connectivity index (χ0) is 18.4. The molecule has 28 heavy (non-hydrogen) atoms. The Bertz CT molecular complexity index is 699. The minimum absolute atomic E-state index is 0. The van der Waals surface area contributed by atoms with Crippen LogP contribution in [0.3, 0.4) is 0 Å². The topological polar surface area (TPSA) is 58.6 Å². The Morgan fingerprint density at radius 3 is 2.46 bits per heavy atom. The second-order valence-corrected chi connectivity index (χ2v) is 9.60. The number of ether oxygens (including phenoxy) is 1. The third-order valence-electron chi connectivity index (χ3n) is 7.45. The first-order chi connectivity index (χ1) is 13.1. The largest absolute Gasteiger partial charge is 0.491 e. The number of aliphatic hydroxyl groups excluding tert-OH is 1. The fourth-order valence-electron chi connectivity index (χ4n) is 6.69. The molecule has 4 fully saturated rings. The Kier molecular flexibility index (Phi) is 5.74. The number of carbonyl (C=O) groups excluding carboxylic acids is 1. The van der Waals surface area contributed by atoms with Gasteiger partial charge in [0.2, 0.25) is 0 Å². The summed E-state index contributed by atoms with van der Waals surface area (Å²) in [6.45, 7) is 0.879. The maximum absolute atomic E-state index is 12.1. The summed E-state index contributed by atoms with van der Waals surface area (Å²) >= 11 is 0. The quantitative estimate of drug-likeness (QED) is 0.752. The molecule has 0 amide bonds. The van der Waals surface area contributed by atoms with Crippen LogP contribution in [0.1, 0.15) is 67.3 Å². The lowest BCUT2D eigenvalue weighted by Gasteiger charge is -2.57. The first-order valence-corrected chi connectivity index (χ1v) is 10.8. The van der Waals surface area contributed by atoms with Gasteiger partial charge in [-0.2, -0.15) is 0 Å². The zero-order valence-electron chi connectivity index (χ0n) is 16.5. The van der Waals surface area contributed by atoms with Gasteiger partial charge in [0.05, 0.1) is 0 Å². The van der Waals surface area contributed by atoms with Crippen molar-refractivity contribution in [2.24, 2.45) is 17.8 Å². The van der Waals surface area contributed by atoms with Crippen LogP contribution in [-0.2, 0) is 6.42 Å². The van der Waals surface area contributed by atoms with Gasteiger partial charge in [-0.3, -0.25) is 4.79 Å². The Morgan fingerprint density at radius 1 is 1.11 bits per heavy atom. The van der Waals surface area contributed by atoms with Gasteiger partial charge in [-0.05, 0) is 75.2 Å². The van der Waals surface area contributed by atoms with Crippen molar-refractivity contribution in [1.29, 1.82) is 0 Å². The third-order valence-corrected chi connectivity index (χ3v) is 7.45. The van der Waals surface area contributed by atoms with Crippen molar-refractivity contribution in [3.8, 4) is 5.75 Å². The Balaban J connectivity index is 0.00000192. The van der Waals surface area contributed by atoms with E-state index in [4.69, 9.17) is 4.74 Å². The monoisotopic (exact) mass is 405 g/mol. The van der Waals surface area contributed by atoms with E-state index >= 15 is 0 Å². The number of rotatable bonds is 6. The van der Waals surface area contributed by atoms with Crippen LogP contribution in [-0.4, -0.2) is 35.7 Å². The number of nitrogens with one attached hydrogen (secondary N) is 1.